The number of ether oxygens (including phenoxy) is 5. The average Bonchev–Trinajstić information content (AvgIpc) is 3.62. The molecule has 2 bridgehead atoms. The van der Waals surface area contributed by atoms with Crippen LogP contribution in [0.2, 0.25) is 36.3 Å². The zero-order valence-corrected chi connectivity index (χ0v) is 48.7. The van der Waals surface area contributed by atoms with Crippen LogP contribution in [0.15, 0.2) is 23.3 Å². The van der Waals surface area contributed by atoms with Crippen molar-refractivity contribution < 1.29 is 51.7 Å². The topological polar surface area (TPSA) is 136 Å². The molecule has 14 heteroatoms. The van der Waals surface area contributed by atoms with E-state index in [0.29, 0.717) is 32.2 Å². The van der Waals surface area contributed by atoms with Crippen LogP contribution >= 0.6 is 0 Å². The molecule has 396 valence electrons. The van der Waals surface area contributed by atoms with E-state index in [1.165, 1.54) is 0 Å². The molecule has 0 radical (unpaired) electrons. The van der Waals surface area contributed by atoms with Gasteiger partial charge in [0.05, 0.1) is 36.9 Å². The molecule has 0 unspecified atom stereocenters. The van der Waals surface area contributed by atoms with Crippen molar-refractivity contribution in [3.05, 3.63) is 23.3 Å². The average molecular weight is 1000 g/mol. The van der Waals surface area contributed by atoms with E-state index in [2.05, 4.69) is 108 Å². The number of fused-ring (bicyclic) bond motifs is 3. The number of nitrogens with zero attached hydrogens (tertiary/aromatic N) is 1. The molecule has 0 aromatic heterocycles. The molecule has 0 spiro atoms. The highest BCUT2D eigenvalue weighted by Gasteiger charge is 2.52. The molecule has 0 N–H and O–H groups in total. The standard InChI is InChI=1S/C55H97NO11Si2/c1-20-40-28-35(2)27-36(3)29-46(62-14)51-47(63-15)34-55(12,65-51)48(58)33-49(59)56-26-22-21-23-41(56)52(60)64-50(38(5)44(32-42(40)57)67-69(18,19)54(9,10)11)37(4)30-39-24-25-43(45(31-39)61-13)66-68(16,17)53(6,7)8/h28,30,36,38-41,43-47,50-51H,20-27,29,31-34H2,1-19H3/b35-28+,37-30+/t36-,38+,39-,40+,41-,43+,44-,45+,46-,47-,50+,51+,55+/m0/s1. The molecule has 3 heterocycles. The van der Waals surface area contributed by atoms with E-state index in [4.69, 9.17) is 32.5 Å². The van der Waals surface area contributed by atoms with Crippen LogP contribution in [0.25, 0.3) is 0 Å². The number of Topliss-reactive ketones (excluding diaryl/α,β-unsaturated/α-hetero) is 2. The number of carbonyl (C=O) groups excluding carboxylic acids is 4. The number of piperidine rings is 1. The molecule has 3 aliphatic heterocycles. The molecular formula is C55H97NO11Si2. The van der Waals surface area contributed by atoms with Crippen molar-refractivity contribution in [3.8, 4) is 0 Å². The molecule has 13 atom stereocenters. The van der Waals surface area contributed by atoms with Crippen LogP contribution in [0.1, 0.15) is 160 Å². The van der Waals surface area contributed by atoms with Crippen LogP contribution in [0.5, 0.6) is 0 Å². The van der Waals surface area contributed by atoms with Crippen molar-refractivity contribution in [2.45, 2.75) is 251 Å². The van der Waals surface area contributed by atoms with Crippen molar-refractivity contribution in [1.82, 2.24) is 4.90 Å². The first-order valence-electron chi connectivity index (χ1n) is 26.5. The summed E-state index contributed by atoms with van der Waals surface area (Å²) in [4.78, 5) is 59.9. The van der Waals surface area contributed by atoms with Gasteiger partial charge in [-0.05, 0) is 132 Å². The van der Waals surface area contributed by atoms with E-state index in [1.807, 2.05) is 6.92 Å². The normalized spacial score (nSPS) is 36.0. The van der Waals surface area contributed by atoms with Gasteiger partial charge in [-0.3, -0.25) is 14.4 Å². The van der Waals surface area contributed by atoms with Crippen LogP contribution < -0.4 is 0 Å². The fourth-order valence-electron chi connectivity index (χ4n) is 10.7. The van der Waals surface area contributed by atoms with E-state index in [0.717, 1.165) is 43.3 Å². The minimum atomic E-state index is -2.50. The van der Waals surface area contributed by atoms with Gasteiger partial charge in [-0.2, -0.15) is 0 Å². The van der Waals surface area contributed by atoms with Crippen molar-refractivity contribution >= 4 is 40.1 Å². The Labute approximate surface area is 420 Å². The first-order chi connectivity index (χ1) is 31.9. The predicted molar refractivity (Wildman–Crippen MR) is 279 cm³/mol. The highest BCUT2D eigenvalue weighted by molar-refractivity contribution is 6.74. The number of carbonyl (C=O) groups is 4. The van der Waals surface area contributed by atoms with E-state index in [-0.39, 0.29) is 70.6 Å². The Kier molecular flexibility index (Phi) is 21.0. The fourth-order valence-corrected chi connectivity index (χ4v) is 13.5. The number of cyclic esters (lactones) is 1. The summed E-state index contributed by atoms with van der Waals surface area (Å²) in [6.45, 7) is 34.9. The number of ketones is 2. The van der Waals surface area contributed by atoms with E-state index < -0.39 is 76.9 Å². The first kappa shape index (κ1) is 59.5. The Morgan fingerprint density at radius 2 is 1.41 bits per heavy atom. The first-order valence-corrected chi connectivity index (χ1v) is 32.3. The zero-order chi connectivity index (χ0) is 52.0. The zero-order valence-electron chi connectivity index (χ0n) is 46.7. The number of hydrogen-bond acceptors (Lipinski definition) is 11. The Hall–Kier alpha value is -2.05. The monoisotopic (exact) mass is 1000 g/mol. The van der Waals surface area contributed by atoms with Crippen LogP contribution in [0.3, 0.4) is 0 Å². The maximum Gasteiger partial charge on any atom is 0.329 e. The fraction of sp³-hybridized carbons (Fsp3) is 0.855. The Morgan fingerprint density at radius 1 is 0.812 bits per heavy atom. The molecular weight excluding hydrogens is 907 g/mol. The predicted octanol–water partition coefficient (Wildman–Crippen LogP) is 11.4. The van der Waals surface area contributed by atoms with Crippen molar-refractivity contribution in [1.29, 1.82) is 0 Å². The molecule has 4 rings (SSSR count). The van der Waals surface area contributed by atoms with E-state index in [9.17, 15) is 19.2 Å². The van der Waals surface area contributed by atoms with Crippen molar-refractivity contribution in [2.75, 3.05) is 27.9 Å². The lowest BCUT2D eigenvalue weighted by molar-refractivity contribution is -0.165. The lowest BCUT2D eigenvalue weighted by Gasteiger charge is -2.44. The molecule has 2 saturated heterocycles. The maximum atomic E-state index is 14.9. The lowest BCUT2D eigenvalue weighted by Crippen LogP contribution is -2.52. The van der Waals surface area contributed by atoms with Crippen molar-refractivity contribution in [2.24, 2.45) is 23.7 Å². The summed E-state index contributed by atoms with van der Waals surface area (Å²) in [5.74, 6) is -1.64. The van der Waals surface area contributed by atoms with Gasteiger partial charge in [0.1, 0.15) is 29.6 Å². The van der Waals surface area contributed by atoms with Gasteiger partial charge in [0.2, 0.25) is 5.91 Å². The summed E-state index contributed by atoms with van der Waals surface area (Å²) in [6, 6.07) is -0.879. The van der Waals surface area contributed by atoms with Crippen LogP contribution in [-0.2, 0) is 51.7 Å². The van der Waals surface area contributed by atoms with Crippen molar-refractivity contribution in [3.63, 3.8) is 0 Å². The number of amides is 1. The molecule has 1 amide bonds. The van der Waals surface area contributed by atoms with Gasteiger partial charge in [-0.1, -0.05) is 80.0 Å². The highest BCUT2D eigenvalue weighted by Crippen LogP contribution is 2.43. The molecule has 69 heavy (non-hydrogen) atoms. The number of hydrogen-bond donors (Lipinski definition) is 0. The summed E-state index contributed by atoms with van der Waals surface area (Å²) >= 11 is 0. The molecule has 0 aromatic rings. The number of methoxy groups -OCH3 is 3. The Balaban J connectivity index is 1.83. The van der Waals surface area contributed by atoms with E-state index in [1.54, 1.807) is 33.2 Å². The Morgan fingerprint density at radius 3 is 1.97 bits per heavy atom. The summed E-state index contributed by atoms with van der Waals surface area (Å²) in [7, 11) is 0.480. The third kappa shape index (κ3) is 15.0. The largest absolute Gasteiger partial charge is 0.456 e. The lowest BCUT2D eigenvalue weighted by atomic mass is 9.81. The third-order valence-electron chi connectivity index (χ3n) is 17.2. The van der Waals surface area contributed by atoms with Crippen LogP contribution in [-0.4, -0.2) is 127 Å². The van der Waals surface area contributed by atoms with Gasteiger partial charge in [0, 0.05) is 52.6 Å². The molecule has 0 aromatic carbocycles. The highest BCUT2D eigenvalue weighted by atomic mass is 28.4. The summed E-state index contributed by atoms with van der Waals surface area (Å²) < 4.78 is 45.8. The smallest absolute Gasteiger partial charge is 0.329 e. The second kappa shape index (κ2) is 24.3. The number of esters is 1. The third-order valence-corrected chi connectivity index (χ3v) is 26.2. The van der Waals surface area contributed by atoms with Crippen LogP contribution in [0.4, 0.5) is 0 Å². The summed E-state index contributed by atoms with van der Waals surface area (Å²) in [5, 5.41) is -0.0909. The van der Waals surface area contributed by atoms with Gasteiger partial charge < -0.3 is 37.4 Å². The van der Waals surface area contributed by atoms with E-state index >= 15 is 0 Å². The SMILES string of the molecule is CC[C@@H]1/C=C(\C)C[C@H](C)C[C@H](OC)[C@H]2O[C@](C)(C[C@@H]2OC)C(=O)CC(=O)N2CCCC[C@H]2C(=O)O[C@H](/C(C)=C/[C@@H]2CC[C@@H](O[Si](C)(C)C(C)(C)C)[C@H](OC)C2)[C@H](C)[C@@H](O[Si](C)(C)C(C)(C)C)CC1=O. The second-order valence-corrected chi connectivity index (χ2v) is 34.3. The van der Waals surface area contributed by atoms with Gasteiger partial charge in [0.25, 0.3) is 0 Å². The van der Waals surface area contributed by atoms with Gasteiger partial charge in [-0.15, -0.1) is 0 Å². The molecule has 12 nitrogen and oxygen atoms in total. The maximum absolute atomic E-state index is 14.9. The Bertz CT molecular complexity index is 1820. The molecule has 1 aliphatic carbocycles. The van der Waals surface area contributed by atoms with Gasteiger partial charge >= 0.3 is 5.97 Å². The second-order valence-electron chi connectivity index (χ2n) is 24.8. The summed E-state index contributed by atoms with van der Waals surface area (Å²) in [5.41, 5.74) is 0.715. The summed E-state index contributed by atoms with van der Waals surface area (Å²) in [6.07, 6.45) is 8.01. The number of rotatable bonds is 10. The molecule has 3 fully saturated rings. The van der Waals surface area contributed by atoms with Gasteiger partial charge in [-0.25, -0.2) is 4.79 Å². The quantitative estimate of drug-likeness (QED) is 0.0895. The number of allylic oxidation sites excluding steroid dienone is 3. The molecule has 4 aliphatic rings. The van der Waals surface area contributed by atoms with Gasteiger partial charge in [0.15, 0.2) is 22.4 Å². The van der Waals surface area contributed by atoms with Crippen LogP contribution in [0, 0.1) is 23.7 Å². The minimum Gasteiger partial charge on any atom is -0.456 e. The molecule has 1 saturated carbocycles. The minimum absolute atomic E-state index is 0.00773.